The molecule has 3 N–H and O–H groups in total. The summed E-state index contributed by atoms with van der Waals surface area (Å²) in [6, 6.07) is 16.4. The maximum atomic E-state index is 12.5. The molecule has 0 aliphatic heterocycles. The van der Waals surface area contributed by atoms with Crippen molar-refractivity contribution in [2.24, 2.45) is 0 Å². The maximum Gasteiger partial charge on any atom is 0.288 e. The van der Waals surface area contributed by atoms with Crippen molar-refractivity contribution >= 4 is 29.7 Å². The number of nitrogens with one attached hydrogen (secondary N) is 3. The first-order valence-corrected chi connectivity index (χ1v) is 8.62. The van der Waals surface area contributed by atoms with E-state index in [4.69, 9.17) is 12.2 Å². The average molecular weight is 381 g/mol. The summed E-state index contributed by atoms with van der Waals surface area (Å²) in [5, 5.41) is 0. The minimum Gasteiger partial charge on any atom is -0.378 e. The third-order valence-corrected chi connectivity index (χ3v) is 4.24. The van der Waals surface area contributed by atoms with Crippen molar-refractivity contribution in [2.45, 2.75) is 0 Å². The number of anilines is 1. The molecular formula is C19H19N5O2S. The lowest BCUT2D eigenvalue weighted by Crippen LogP contribution is -2.42. The number of imidazole rings is 1. The zero-order chi connectivity index (χ0) is 19.4. The number of amides is 2. The highest BCUT2D eigenvalue weighted by molar-refractivity contribution is 7.71. The standard InChI is InChI=1S/C19H19N5O2S/c1-23(2)15-10-6-7-13(11-15)17(25)21-22-18(26)16-12-20-19(27)24(16)14-8-4-3-5-9-14/h3-12H,1-2H3,(H,20,27)(H,21,25)(H,22,26). The SMILES string of the molecule is CN(C)c1cccc(C(=O)NNC(=O)c2c[nH]c(=S)n2-c2ccccc2)c1. The average Bonchev–Trinajstić information content (AvgIpc) is 3.08. The molecule has 138 valence electrons. The molecule has 0 unspecified atom stereocenters. The van der Waals surface area contributed by atoms with Crippen LogP contribution in [0.2, 0.25) is 0 Å². The van der Waals surface area contributed by atoms with Crippen LogP contribution in [-0.4, -0.2) is 35.5 Å². The van der Waals surface area contributed by atoms with Crippen LogP contribution >= 0.6 is 12.2 Å². The van der Waals surface area contributed by atoms with E-state index in [9.17, 15) is 9.59 Å². The summed E-state index contributed by atoms with van der Waals surface area (Å²) < 4.78 is 1.99. The Labute approximate surface area is 161 Å². The lowest BCUT2D eigenvalue weighted by molar-refractivity contribution is 0.0843. The van der Waals surface area contributed by atoms with Crippen LogP contribution in [0.5, 0.6) is 0 Å². The van der Waals surface area contributed by atoms with Crippen LogP contribution in [0.3, 0.4) is 0 Å². The van der Waals surface area contributed by atoms with Crippen LogP contribution < -0.4 is 15.8 Å². The number of benzene rings is 2. The Morgan fingerprint density at radius 3 is 2.41 bits per heavy atom. The first kappa shape index (κ1) is 18.4. The van der Waals surface area contributed by atoms with Crippen LogP contribution in [0.1, 0.15) is 20.8 Å². The van der Waals surface area contributed by atoms with Crippen molar-refractivity contribution in [3.05, 3.63) is 76.8 Å². The predicted molar refractivity (Wildman–Crippen MR) is 107 cm³/mol. The van der Waals surface area contributed by atoms with E-state index in [-0.39, 0.29) is 5.69 Å². The fourth-order valence-corrected chi connectivity index (χ4v) is 2.81. The van der Waals surface area contributed by atoms with Gasteiger partial charge in [0.25, 0.3) is 11.8 Å². The third kappa shape index (κ3) is 4.06. The molecule has 2 amide bonds. The number of rotatable bonds is 4. The topological polar surface area (TPSA) is 82.2 Å². The zero-order valence-electron chi connectivity index (χ0n) is 14.9. The van der Waals surface area contributed by atoms with Gasteiger partial charge >= 0.3 is 0 Å². The van der Waals surface area contributed by atoms with Gasteiger partial charge in [0, 0.05) is 37.2 Å². The van der Waals surface area contributed by atoms with E-state index in [2.05, 4.69) is 15.8 Å². The van der Waals surface area contributed by atoms with E-state index in [1.165, 1.54) is 6.20 Å². The number of hydrazine groups is 1. The van der Waals surface area contributed by atoms with Crippen molar-refractivity contribution in [3.8, 4) is 5.69 Å². The van der Waals surface area contributed by atoms with Gasteiger partial charge < -0.3 is 9.88 Å². The number of nitrogens with zero attached hydrogens (tertiary/aromatic N) is 2. The molecule has 0 aliphatic carbocycles. The number of aromatic amines is 1. The summed E-state index contributed by atoms with van der Waals surface area (Å²) in [5.74, 6) is -0.893. The number of carbonyl (C=O) groups is 2. The molecule has 0 atom stereocenters. The number of hydrogen-bond donors (Lipinski definition) is 3. The van der Waals surface area contributed by atoms with Crippen molar-refractivity contribution in [1.29, 1.82) is 0 Å². The molecule has 27 heavy (non-hydrogen) atoms. The summed E-state index contributed by atoms with van der Waals surface area (Å²) >= 11 is 5.26. The highest BCUT2D eigenvalue weighted by Crippen LogP contribution is 2.14. The van der Waals surface area contributed by atoms with Gasteiger partial charge in [-0.3, -0.25) is 25.0 Å². The second-order valence-electron chi connectivity index (χ2n) is 6.00. The van der Waals surface area contributed by atoms with Crippen molar-refractivity contribution in [3.63, 3.8) is 0 Å². The molecule has 0 bridgehead atoms. The molecule has 0 aliphatic rings. The quantitative estimate of drug-likeness (QED) is 0.479. The molecule has 0 radical (unpaired) electrons. The summed E-state index contributed by atoms with van der Waals surface area (Å²) in [4.78, 5) is 29.6. The fraction of sp³-hybridized carbons (Fsp3) is 0.105. The molecule has 0 spiro atoms. The summed E-state index contributed by atoms with van der Waals surface area (Å²) in [6.45, 7) is 0. The van der Waals surface area contributed by atoms with Crippen LogP contribution in [0, 0.1) is 4.77 Å². The highest BCUT2D eigenvalue weighted by Gasteiger charge is 2.15. The van der Waals surface area contributed by atoms with E-state index in [0.29, 0.717) is 10.3 Å². The van der Waals surface area contributed by atoms with Crippen molar-refractivity contribution in [1.82, 2.24) is 20.4 Å². The Morgan fingerprint density at radius 1 is 1.00 bits per heavy atom. The molecule has 1 aromatic heterocycles. The Hall–Kier alpha value is -3.39. The molecule has 2 aromatic carbocycles. The van der Waals surface area contributed by atoms with Gasteiger partial charge in [0.05, 0.1) is 0 Å². The van der Waals surface area contributed by atoms with Gasteiger partial charge in [-0.15, -0.1) is 0 Å². The molecule has 3 rings (SSSR count). The summed E-state index contributed by atoms with van der Waals surface area (Å²) in [6.07, 6.45) is 1.50. The van der Waals surface area contributed by atoms with Gasteiger partial charge in [-0.1, -0.05) is 24.3 Å². The van der Waals surface area contributed by atoms with Gasteiger partial charge in [0.15, 0.2) is 4.77 Å². The Balaban J connectivity index is 1.75. The number of hydrogen-bond acceptors (Lipinski definition) is 4. The van der Waals surface area contributed by atoms with Crippen molar-refractivity contribution in [2.75, 3.05) is 19.0 Å². The first-order chi connectivity index (χ1) is 13.0. The van der Waals surface area contributed by atoms with E-state index in [1.54, 1.807) is 22.8 Å². The summed E-state index contributed by atoms with van der Waals surface area (Å²) in [7, 11) is 3.78. The predicted octanol–water partition coefficient (Wildman–Crippen LogP) is 2.68. The Bertz CT molecular complexity index is 1020. The van der Waals surface area contributed by atoms with Gasteiger partial charge in [-0.2, -0.15) is 0 Å². The summed E-state index contributed by atoms with van der Waals surface area (Å²) in [5.41, 5.74) is 7.22. The molecule has 8 heteroatoms. The van der Waals surface area contributed by atoms with E-state index >= 15 is 0 Å². The van der Waals surface area contributed by atoms with Crippen LogP contribution in [0.25, 0.3) is 5.69 Å². The van der Waals surface area contributed by atoms with E-state index in [0.717, 1.165) is 11.4 Å². The largest absolute Gasteiger partial charge is 0.378 e. The number of H-pyrrole nitrogens is 1. The number of para-hydroxylation sites is 1. The van der Waals surface area contributed by atoms with Crippen LogP contribution in [-0.2, 0) is 0 Å². The van der Waals surface area contributed by atoms with Gasteiger partial charge in [0.2, 0.25) is 0 Å². The molecule has 1 heterocycles. The third-order valence-electron chi connectivity index (χ3n) is 3.94. The molecule has 0 saturated carbocycles. The fourth-order valence-electron chi connectivity index (χ4n) is 2.54. The molecular weight excluding hydrogens is 362 g/mol. The van der Waals surface area contributed by atoms with Gasteiger partial charge in [0.1, 0.15) is 5.69 Å². The smallest absolute Gasteiger partial charge is 0.288 e. The van der Waals surface area contributed by atoms with Crippen LogP contribution in [0.15, 0.2) is 60.8 Å². The minimum absolute atomic E-state index is 0.286. The maximum absolute atomic E-state index is 12.5. The first-order valence-electron chi connectivity index (χ1n) is 8.21. The lowest BCUT2D eigenvalue weighted by Gasteiger charge is -2.14. The monoisotopic (exact) mass is 381 g/mol. The minimum atomic E-state index is -0.483. The lowest BCUT2D eigenvalue weighted by atomic mass is 10.2. The van der Waals surface area contributed by atoms with E-state index < -0.39 is 11.8 Å². The normalized spacial score (nSPS) is 10.3. The Kier molecular flexibility index (Phi) is 5.37. The zero-order valence-corrected chi connectivity index (χ0v) is 15.7. The number of aromatic nitrogens is 2. The van der Waals surface area contributed by atoms with Crippen LogP contribution in [0.4, 0.5) is 5.69 Å². The molecule has 0 saturated heterocycles. The van der Waals surface area contributed by atoms with E-state index in [1.807, 2.05) is 55.4 Å². The van der Waals surface area contributed by atoms with Gasteiger partial charge in [-0.05, 0) is 42.5 Å². The molecule has 7 nitrogen and oxygen atoms in total. The highest BCUT2D eigenvalue weighted by atomic mass is 32.1. The molecule has 0 fully saturated rings. The molecule has 3 aromatic rings. The Morgan fingerprint density at radius 2 is 1.70 bits per heavy atom. The second kappa shape index (κ2) is 7.88. The van der Waals surface area contributed by atoms with Gasteiger partial charge in [-0.25, -0.2) is 0 Å². The number of carbonyl (C=O) groups excluding carboxylic acids is 2. The second-order valence-corrected chi connectivity index (χ2v) is 6.39. The van der Waals surface area contributed by atoms with Crippen molar-refractivity contribution < 1.29 is 9.59 Å².